The number of nitrogens with two attached hydrogens (primary N) is 1. The standard InChI is InChI=1S/C17H18N2O2/c1-11-7-8-15-12(10-11)4-3-9-19(15)17(21)13-5-2-6-14(18)16(13)20/h2,5-8,10,20H,3-4,9,18H2,1H3. The molecular weight excluding hydrogens is 264 g/mol. The number of phenolic OH excluding ortho intramolecular Hbond substituents is 1. The predicted molar refractivity (Wildman–Crippen MR) is 83.7 cm³/mol. The van der Waals surface area contributed by atoms with E-state index in [-0.39, 0.29) is 22.9 Å². The molecule has 2 aromatic carbocycles. The molecule has 0 unspecified atom stereocenters. The summed E-state index contributed by atoms with van der Waals surface area (Å²) in [5, 5.41) is 10.0. The first kappa shape index (κ1) is 13.5. The average Bonchev–Trinajstić information content (AvgIpc) is 2.48. The van der Waals surface area contributed by atoms with E-state index >= 15 is 0 Å². The molecular formula is C17H18N2O2. The number of hydrogen-bond acceptors (Lipinski definition) is 3. The van der Waals surface area contributed by atoms with E-state index in [4.69, 9.17) is 5.73 Å². The maximum absolute atomic E-state index is 12.7. The number of anilines is 2. The molecule has 0 saturated carbocycles. The summed E-state index contributed by atoms with van der Waals surface area (Å²) in [6.45, 7) is 2.70. The lowest BCUT2D eigenvalue weighted by Gasteiger charge is -2.30. The Bertz CT molecular complexity index is 710. The zero-order valence-corrected chi connectivity index (χ0v) is 12.0. The fourth-order valence-corrected chi connectivity index (χ4v) is 2.82. The van der Waals surface area contributed by atoms with E-state index in [1.54, 1.807) is 23.1 Å². The monoisotopic (exact) mass is 282 g/mol. The highest BCUT2D eigenvalue weighted by Gasteiger charge is 2.25. The fraction of sp³-hybridized carbons (Fsp3) is 0.235. The number of phenols is 1. The van der Waals surface area contributed by atoms with Crippen molar-refractivity contribution < 1.29 is 9.90 Å². The van der Waals surface area contributed by atoms with Crippen LogP contribution < -0.4 is 10.6 Å². The molecule has 1 aliphatic rings. The van der Waals surface area contributed by atoms with Crippen molar-refractivity contribution in [3.05, 3.63) is 53.1 Å². The van der Waals surface area contributed by atoms with E-state index in [1.165, 1.54) is 11.1 Å². The molecule has 21 heavy (non-hydrogen) atoms. The van der Waals surface area contributed by atoms with E-state index in [0.717, 1.165) is 18.5 Å². The Hall–Kier alpha value is -2.49. The molecule has 1 aliphatic heterocycles. The van der Waals surface area contributed by atoms with Crippen molar-refractivity contribution in [1.29, 1.82) is 0 Å². The van der Waals surface area contributed by atoms with Crippen LogP contribution in [0.1, 0.15) is 27.9 Å². The number of para-hydroxylation sites is 1. The molecule has 0 radical (unpaired) electrons. The first-order valence-corrected chi connectivity index (χ1v) is 7.07. The number of carbonyl (C=O) groups excluding carboxylic acids is 1. The molecule has 2 aromatic rings. The molecule has 0 aliphatic carbocycles. The van der Waals surface area contributed by atoms with Crippen LogP contribution in [0.25, 0.3) is 0 Å². The van der Waals surface area contributed by atoms with Gasteiger partial charge in [0.15, 0.2) is 5.75 Å². The van der Waals surface area contributed by atoms with Gasteiger partial charge in [0.05, 0.1) is 11.3 Å². The quantitative estimate of drug-likeness (QED) is 0.624. The van der Waals surface area contributed by atoms with Crippen molar-refractivity contribution in [2.75, 3.05) is 17.2 Å². The van der Waals surface area contributed by atoms with E-state index in [1.807, 2.05) is 19.1 Å². The highest BCUT2D eigenvalue weighted by atomic mass is 16.3. The largest absolute Gasteiger partial charge is 0.505 e. The molecule has 0 saturated heterocycles. The van der Waals surface area contributed by atoms with Crippen LogP contribution in [0.3, 0.4) is 0 Å². The summed E-state index contributed by atoms with van der Waals surface area (Å²) in [7, 11) is 0. The van der Waals surface area contributed by atoms with Crippen molar-refractivity contribution in [3.8, 4) is 5.75 Å². The number of aromatic hydroxyl groups is 1. The first-order valence-electron chi connectivity index (χ1n) is 7.07. The van der Waals surface area contributed by atoms with Crippen LogP contribution in [-0.2, 0) is 6.42 Å². The molecule has 4 nitrogen and oxygen atoms in total. The summed E-state index contributed by atoms with van der Waals surface area (Å²) in [5.41, 5.74) is 9.46. The number of amides is 1. The number of nitrogen functional groups attached to an aromatic ring is 1. The zero-order chi connectivity index (χ0) is 15.0. The topological polar surface area (TPSA) is 66.6 Å². The second kappa shape index (κ2) is 5.13. The summed E-state index contributed by atoms with van der Waals surface area (Å²) in [5.74, 6) is -0.341. The average molecular weight is 282 g/mol. The van der Waals surface area contributed by atoms with Gasteiger partial charge in [-0.1, -0.05) is 23.8 Å². The Morgan fingerprint density at radius 2 is 2.10 bits per heavy atom. The zero-order valence-electron chi connectivity index (χ0n) is 12.0. The van der Waals surface area contributed by atoms with Gasteiger partial charge in [-0.25, -0.2) is 0 Å². The smallest absolute Gasteiger partial charge is 0.262 e. The van der Waals surface area contributed by atoms with Gasteiger partial charge in [-0.05, 0) is 43.5 Å². The first-order chi connectivity index (χ1) is 10.1. The number of hydrogen-bond donors (Lipinski definition) is 2. The van der Waals surface area contributed by atoms with Crippen molar-refractivity contribution in [2.24, 2.45) is 0 Å². The van der Waals surface area contributed by atoms with Crippen molar-refractivity contribution in [3.63, 3.8) is 0 Å². The molecule has 108 valence electrons. The number of rotatable bonds is 1. The molecule has 4 heteroatoms. The minimum Gasteiger partial charge on any atom is -0.505 e. The summed E-state index contributed by atoms with van der Waals surface area (Å²) in [6.07, 6.45) is 1.90. The molecule has 0 fully saturated rings. The second-order valence-electron chi connectivity index (χ2n) is 5.44. The molecule has 0 spiro atoms. The highest BCUT2D eigenvalue weighted by molar-refractivity contribution is 6.09. The summed E-state index contributed by atoms with van der Waals surface area (Å²) in [4.78, 5) is 14.5. The van der Waals surface area contributed by atoms with Crippen LogP contribution in [0.2, 0.25) is 0 Å². The number of carbonyl (C=O) groups is 1. The van der Waals surface area contributed by atoms with Crippen LogP contribution in [0, 0.1) is 6.92 Å². The minimum absolute atomic E-state index is 0.137. The van der Waals surface area contributed by atoms with Crippen LogP contribution in [0.4, 0.5) is 11.4 Å². The maximum Gasteiger partial charge on any atom is 0.262 e. The second-order valence-corrected chi connectivity index (χ2v) is 5.44. The Labute approximate surface area is 123 Å². The Morgan fingerprint density at radius 1 is 1.29 bits per heavy atom. The fourth-order valence-electron chi connectivity index (χ4n) is 2.82. The van der Waals surface area contributed by atoms with Gasteiger partial charge in [0, 0.05) is 12.2 Å². The SMILES string of the molecule is Cc1ccc2c(c1)CCCN2C(=O)c1cccc(N)c1O. The molecule has 1 amide bonds. The van der Waals surface area contributed by atoms with Crippen LogP contribution >= 0.6 is 0 Å². The van der Waals surface area contributed by atoms with Crippen LogP contribution in [0.5, 0.6) is 5.75 Å². The lowest BCUT2D eigenvalue weighted by molar-refractivity contribution is 0.0982. The molecule has 0 aromatic heterocycles. The summed E-state index contributed by atoms with van der Waals surface area (Å²) < 4.78 is 0. The van der Waals surface area contributed by atoms with Crippen molar-refractivity contribution in [2.45, 2.75) is 19.8 Å². The van der Waals surface area contributed by atoms with Gasteiger partial charge in [-0.15, -0.1) is 0 Å². The normalized spacial score (nSPS) is 13.9. The summed E-state index contributed by atoms with van der Waals surface area (Å²) in [6, 6.07) is 11.0. The number of fused-ring (bicyclic) bond motifs is 1. The summed E-state index contributed by atoms with van der Waals surface area (Å²) >= 11 is 0. The van der Waals surface area contributed by atoms with Gasteiger partial charge in [0.25, 0.3) is 5.91 Å². The third-order valence-electron chi connectivity index (χ3n) is 3.90. The molecule has 0 bridgehead atoms. The molecule has 1 heterocycles. The van der Waals surface area contributed by atoms with E-state index in [2.05, 4.69) is 6.07 Å². The Balaban J connectivity index is 2.02. The Morgan fingerprint density at radius 3 is 2.90 bits per heavy atom. The number of nitrogens with zero attached hydrogens (tertiary/aromatic N) is 1. The minimum atomic E-state index is -0.204. The third-order valence-corrected chi connectivity index (χ3v) is 3.90. The van der Waals surface area contributed by atoms with Crippen molar-refractivity contribution in [1.82, 2.24) is 0 Å². The van der Waals surface area contributed by atoms with Gasteiger partial charge in [0.2, 0.25) is 0 Å². The molecule has 3 rings (SSSR count). The predicted octanol–water partition coefficient (Wildman–Crippen LogP) is 2.88. The lowest BCUT2D eigenvalue weighted by Crippen LogP contribution is -2.35. The van der Waals surface area contributed by atoms with Gasteiger partial charge in [-0.2, -0.15) is 0 Å². The van der Waals surface area contributed by atoms with Gasteiger partial charge in [-0.3, -0.25) is 4.79 Å². The van der Waals surface area contributed by atoms with Crippen molar-refractivity contribution >= 4 is 17.3 Å². The van der Waals surface area contributed by atoms with E-state index in [0.29, 0.717) is 6.54 Å². The molecule has 0 atom stereocenters. The maximum atomic E-state index is 12.7. The van der Waals surface area contributed by atoms with Crippen LogP contribution in [-0.4, -0.2) is 17.6 Å². The molecule has 3 N–H and O–H groups in total. The lowest BCUT2D eigenvalue weighted by atomic mass is 9.98. The Kier molecular flexibility index (Phi) is 3.29. The van der Waals surface area contributed by atoms with E-state index in [9.17, 15) is 9.90 Å². The number of aryl methyl sites for hydroxylation is 2. The van der Waals surface area contributed by atoms with Crippen LogP contribution in [0.15, 0.2) is 36.4 Å². The van der Waals surface area contributed by atoms with Gasteiger partial charge in [0.1, 0.15) is 0 Å². The van der Waals surface area contributed by atoms with Gasteiger partial charge >= 0.3 is 0 Å². The van der Waals surface area contributed by atoms with E-state index < -0.39 is 0 Å². The number of benzene rings is 2. The van der Waals surface area contributed by atoms with Gasteiger partial charge < -0.3 is 15.7 Å². The third kappa shape index (κ3) is 2.33. The highest BCUT2D eigenvalue weighted by Crippen LogP contribution is 2.32.